The number of hydrogen-bond donors (Lipinski definition) is 1. The molecule has 0 atom stereocenters. The highest BCUT2D eigenvalue weighted by Gasteiger charge is 2.20. The number of ether oxygens (including phenoxy) is 1. The number of phenolic OH excluding ortho intramolecular Hbond substituents is 1. The van der Waals surface area contributed by atoms with Crippen LogP contribution in [0.4, 0.5) is 13.2 Å². The van der Waals surface area contributed by atoms with Crippen LogP contribution in [-0.4, -0.2) is 11.1 Å². The molecule has 0 amide bonds. The standard InChI is InChI=1S/C15H5F3N2O3/c16-10-3-7(4-11(17)14(10)18)15(22)23-13-2-1-12(21)8(5-19)9(13)6-20/h1-4,21H. The lowest BCUT2D eigenvalue weighted by molar-refractivity contribution is 0.0732. The maximum Gasteiger partial charge on any atom is 0.343 e. The number of esters is 1. The first-order valence-corrected chi connectivity index (χ1v) is 5.92. The molecule has 0 heterocycles. The highest BCUT2D eigenvalue weighted by atomic mass is 19.2. The Labute approximate surface area is 127 Å². The second kappa shape index (κ2) is 6.08. The third-order valence-corrected chi connectivity index (χ3v) is 2.79. The van der Waals surface area contributed by atoms with E-state index >= 15 is 0 Å². The quantitative estimate of drug-likeness (QED) is 0.522. The van der Waals surface area contributed by atoms with E-state index < -0.39 is 51.6 Å². The van der Waals surface area contributed by atoms with Gasteiger partial charge in [-0.2, -0.15) is 10.5 Å². The van der Waals surface area contributed by atoms with Crippen molar-refractivity contribution >= 4 is 5.97 Å². The van der Waals surface area contributed by atoms with Gasteiger partial charge in [-0.15, -0.1) is 0 Å². The zero-order valence-electron chi connectivity index (χ0n) is 11.1. The first-order valence-electron chi connectivity index (χ1n) is 5.92. The normalized spacial score (nSPS) is 9.78. The Morgan fingerprint density at radius 3 is 2.13 bits per heavy atom. The third-order valence-electron chi connectivity index (χ3n) is 2.79. The van der Waals surface area contributed by atoms with Crippen LogP contribution in [0.15, 0.2) is 24.3 Å². The van der Waals surface area contributed by atoms with Crippen molar-refractivity contribution in [3.05, 3.63) is 58.4 Å². The van der Waals surface area contributed by atoms with E-state index in [2.05, 4.69) is 0 Å². The predicted octanol–water partition coefficient (Wildman–Crippen LogP) is 2.77. The van der Waals surface area contributed by atoms with Gasteiger partial charge in [0.25, 0.3) is 0 Å². The lowest BCUT2D eigenvalue weighted by Gasteiger charge is -2.08. The van der Waals surface area contributed by atoms with E-state index in [1.807, 2.05) is 0 Å². The number of aromatic hydroxyl groups is 1. The van der Waals surface area contributed by atoms with Crippen LogP contribution < -0.4 is 4.74 Å². The molecule has 0 aliphatic carbocycles. The Hall–Kier alpha value is -3.52. The molecular formula is C15H5F3N2O3. The molecule has 0 saturated carbocycles. The van der Waals surface area contributed by atoms with Crippen LogP contribution in [-0.2, 0) is 0 Å². The largest absolute Gasteiger partial charge is 0.507 e. The molecule has 2 aromatic carbocycles. The second-order valence-corrected chi connectivity index (χ2v) is 4.20. The van der Waals surface area contributed by atoms with E-state index in [-0.39, 0.29) is 0 Å². The average Bonchev–Trinajstić information content (AvgIpc) is 2.53. The zero-order valence-corrected chi connectivity index (χ0v) is 11.1. The van der Waals surface area contributed by atoms with Gasteiger partial charge in [0, 0.05) is 0 Å². The van der Waals surface area contributed by atoms with Crippen molar-refractivity contribution in [3.8, 4) is 23.6 Å². The van der Waals surface area contributed by atoms with Gasteiger partial charge in [-0.1, -0.05) is 0 Å². The molecule has 0 radical (unpaired) electrons. The molecule has 0 bridgehead atoms. The molecule has 2 aromatic rings. The van der Waals surface area contributed by atoms with Gasteiger partial charge in [0.2, 0.25) is 0 Å². The molecule has 0 saturated heterocycles. The molecule has 0 aromatic heterocycles. The van der Waals surface area contributed by atoms with Gasteiger partial charge in [-0.3, -0.25) is 0 Å². The van der Waals surface area contributed by atoms with Gasteiger partial charge in [-0.25, -0.2) is 18.0 Å². The summed E-state index contributed by atoms with van der Waals surface area (Å²) in [5.74, 6) is -7.06. The molecule has 8 heteroatoms. The van der Waals surface area contributed by atoms with Crippen LogP contribution in [0.2, 0.25) is 0 Å². The first-order chi connectivity index (χ1) is 10.9. The number of carbonyl (C=O) groups excluding carboxylic acids is 1. The molecule has 23 heavy (non-hydrogen) atoms. The van der Waals surface area contributed by atoms with E-state index in [1.165, 1.54) is 0 Å². The summed E-state index contributed by atoms with van der Waals surface area (Å²) in [6.45, 7) is 0. The van der Waals surface area contributed by atoms with Crippen LogP contribution >= 0.6 is 0 Å². The SMILES string of the molecule is N#Cc1c(O)ccc(OC(=O)c2cc(F)c(F)c(F)c2)c1C#N. The number of nitriles is 2. The lowest BCUT2D eigenvalue weighted by atomic mass is 10.1. The molecule has 2 rings (SSSR count). The highest BCUT2D eigenvalue weighted by Crippen LogP contribution is 2.29. The minimum atomic E-state index is -1.74. The average molecular weight is 318 g/mol. The Bertz CT molecular complexity index is 875. The van der Waals surface area contributed by atoms with Crippen molar-refractivity contribution in [2.45, 2.75) is 0 Å². The number of carbonyl (C=O) groups is 1. The maximum atomic E-state index is 13.1. The van der Waals surface area contributed by atoms with Crippen LogP contribution in [0.3, 0.4) is 0 Å². The van der Waals surface area contributed by atoms with Crippen molar-refractivity contribution in [2.24, 2.45) is 0 Å². The van der Waals surface area contributed by atoms with Crippen LogP contribution in [0.25, 0.3) is 0 Å². The van der Waals surface area contributed by atoms with Crippen LogP contribution in [0.1, 0.15) is 21.5 Å². The minimum Gasteiger partial charge on any atom is -0.507 e. The summed E-state index contributed by atoms with van der Waals surface area (Å²) in [5.41, 5.74) is -1.48. The van der Waals surface area contributed by atoms with Crippen molar-refractivity contribution in [1.29, 1.82) is 10.5 Å². The van der Waals surface area contributed by atoms with E-state index in [0.717, 1.165) is 12.1 Å². The van der Waals surface area contributed by atoms with Crippen LogP contribution in [0.5, 0.6) is 11.5 Å². The number of nitrogens with zero attached hydrogens (tertiary/aromatic N) is 2. The summed E-state index contributed by atoms with van der Waals surface area (Å²) in [5, 5.41) is 27.3. The van der Waals surface area contributed by atoms with E-state index in [9.17, 15) is 23.1 Å². The Kier molecular flexibility index (Phi) is 4.19. The molecule has 114 valence electrons. The van der Waals surface area contributed by atoms with Gasteiger partial charge in [0.1, 0.15) is 29.0 Å². The maximum absolute atomic E-state index is 13.1. The number of rotatable bonds is 2. The Morgan fingerprint density at radius 1 is 1.04 bits per heavy atom. The minimum absolute atomic E-state index is 0.392. The molecule has 0 aliphatic rings. The number of hydrogen-bond acceptors (Lipinski definition) is 5. The molecule has 1 N–H and O–H groups in total. The second-order valence-electron chi connectivity index (χ2n) is 4.20. The summed E-state index contributed by atoms with van der Waals surface area (Å²) in [7, 11) is 0. The molecule has 0 spiro atoms. The first kappa shape index (κ1) is 15.9. The lowest BCUT2D eigenvalue weighted by Crippen LogP contribution is -2.11. The fraction of sp³-hybridized carbons (Fsp3) is 0. The van der Waals surface area contributed by atoms with Crippen molar-refractivity contribution in [2.75, 3.05) is 0 Å². The smallest absolute Gasteiger partial charge is 0.343 e. The molecular weight excluding hydrogens is 313 g/mol. The van der Waals surface area contributed by atoms with Gasteiger partial charge < -0.3 is 9.84 Å². The molecule has 0 aliphatic heterocycles. The highest BCUT2D eigenvalue weighted by molar-refractivity contribution is 5.91. The molecule has 5 nitrogen and oxygen atoms in total. The summed E-state index contributed by atoms with van der Waals surface area (Å²) >= 11 is 0. The molecule has 0 fully saturated rings. The summed E-state index contributed by atoms with van der Waals surface area (Å²) < 4.78 is 43.9. The summed E-state index contributed by atoms with van der Waals surface area (Å²) in [6.07, 6.45) is 0. The van der Waals surface area contributed by atoms with Gasteiger partial charge >= 0.3 is 5.97 Å². The topological polar surface area (TPSA) is 94.1 Å². The van der Waals surface area contributed by atoms with E-state index in [1.54, 1.807) is 12.1 Å². The Balaban J connectivity index is 2.43. The summed E-state index contributed by atoms with van der Waals surface area (Å²) in [6, 6.07) is 6.03. The molecule has 0 unspecified atom stereocenters. The Morgan fingerprint density at radius 2 is 1.61 bits per heavy atom. The van der Waals surface area contributed by atoms with Crippen LogP contribution in [0, 0.1) is 40.1 Å². The summed E-state index contributed by atoms with van der Waals surface area (Å²) in [4.78, 5) is 11.8. The van der Waals surface area contributed by atoms with Gasteiger partial charge in [0.15, 0.2) is 23.2 Å². The van der Waals surface area contributed by atoms with Gasteiger partial charge in [0.05, 0.1) is 5.56 Å². The van der Waals surface area contributed by atoms with E-state index in [0.29, 0.717) is 12.1 Å². The van der Waals surface area contributed by atoms with Crippen molar-refractivity contribution in [1.82, 2.24) is 0 Å². The fourth-order valence-electron chi connectivity index (χ4n) is 1.71. The van der Waals surface area contributed by atoms with E-state index in [4.69, 9.17) is 15.3 Å². The monoisotopic (exact) mass is 318 g/mol. The predicted molar refractivity (Wildman–Crippen MR) is 68.8 cm³/mol. The number of halogens is 3. The number of phenols is 1. The fourth-order valence-corrected chi connectivity index (χ4v) is 1.71. The van der Waals surface area contributed by atoms with Crippen molar-refractivity contribution in [3.63, 3.8) is 0 Å². The number of benzene rings is 2. The van der Waals surface area contributed by atoms with Gasteiger partial charge in [-0.05, 0) is 24.3 Å². The van der Waals surface area contributed by atoms with Crippen molar-refractivity contribution < 1.29 is 27.8 Å². The third kappa shape index (κ3) is 2.92. The zero-order chi connectivity index (χ0) is 17.1.